The van der Waals surface area contributed by atoms with E-state index in [4.69, 9.17) is 4.74 Å². The first kappa shape index (κ1) is 21.2. The highest BCUT2D eigenvalue weighted by Crippen LogP contribution is 2.18. The van der Waals surface area contributed by atoms with E-state index < -0.39 is 0 Å². The van der Waals surface area contributed by atoms with Crippen molar-refractivity contribution in [1.29, 1.82) is 0 Å². The van der Waals surface area contributed by atoms with Gasteiger partial charge in [0.1, 0.15) is 5.75 Å². The minimum absolute atomic E-state index is 0. The van der Waals surface area contributed by atoms with Gasteiger partial charge in [0.15, 0.2) is 0 Å². The lowest BCUT2D eigenvalue weighted by atomic mass is 10.2. The Morgan fingerprint density at radius 1 is 1.17 bits per heavy atom. The van der Waals surface area contributed by atoms with Crippen LogP contribution in [0.4, 0.5) is 0 Å². The number of rotatable bonds is 6. The second kappa shape index (κ2) is 10.8. The van der Waals surface area contributed by atoms with Gasteiger partial charge in [-0.2, -0.15) is 0 Å². The van der Waals surface area contributed by atoms with Crippen LogP contribution >= 0.6 is 24.8 Å². The Morgan fingerprint density at radius 2 is 1.87 bits per heavy atom. The van der Waals surface area contributed by atoms with Gasteiger partial charge < -0.3 is 15.0 Å². The third-order valence-electron chi connectivity index (χ3n) is 2.99. The van der Waals surface area contributed by atoms with Crippen molar-refractivity contribution < 1.29 is 9.53 Å². The molecule has 1 heterocycles. The number of carbonyl (C=O) groups excluding carboxylic acids is 1. The van der Waals surface area contributed by atoms with Gasteiger partial charge in [-0.15, -0.1) is 24.8 Å². The van der Waals surface area contributed by atoms with E-state index in [1.165, 1.54) is 6.20 Å². The van der Waals surface area contributed by atoms with E-state index in [0.717, 1.165) is 12.3 Å². The molecule has 0 radical (unpaired) electrons. The molecule has 0 fully saturated rings. The van der Waals surface area contributed by atoms with Crippen molar-refractivity contribution in [2.45, 2.75) is 0 Å². The topological polar surface area (TPSA) is 54.5 Å². The standard InChI is InChI=1S/C16H19N3O2.2ClH/c1-17-10-11-19(2)16(20)13-8-9-15(18-12-13)21-14-6-4-3-5-7-14;;/h3-9,12,17H,10-11H2,1-2H3;2*1H. The third-order valence-corrected chi connectivity index (χ3v) is 2.99. The summed E-state index contributed by atoms with van der Waals surface area (Å²) in [6, 6.07) is 12.8. The van der Waals surface area contributed by atoms with Crippen LogP contribution in [0.5, 0.6) is 11.6 Å². The van der Waals surface area contributed by atoms with Crippen molar-refractivity contribution >= 4 is 30.7 Å². The van der Waals surface area contributed by atoms with Gasteiger partial charge in [-0.1, -0.05) is 18.2 Å². The van der Waals surface area contributed by atoms with Gasteiger partial charge in [0.2, 0.25) is 5.88 Å². The molecule has 1 aromatic carbocycles. The second-order valence-corrected chi connectivity index (χ2v) is 4.63. The number of aromatic nitrogens is 1. The molecule has 0 atom stereocenters. The summed E-state index contributed by atoms with van der Waals surface area (Å²) in [6.45, 7) is 1.41. The monoisotopic (exact) mass is 357 g/mol. The number of para-hydroxylation sites is 1. The summed E-state index contributed by atoms with van der Waals surface area (Å²) in [6.07, 6.45) is 1.54. The summed E-state index contributed by atoms with van der Waals surface area (Å²) >= 11 is 0. The van der Waals surface area contributed by atoms with Crippen LogP contribution in [-0.2, 0) is 0 Å². The molecule has 23 heavy (non-hydrogen) atoms. The second-order valence-electron chi connectivity index (χ2n) is 4.63. The summed E-state index contributed by atoms with van der Waals surface area (Å²) in [5, 5.41) is 3.01. The number of benzene rings is 1. The quantitative estimate of drug-likeness (QED) is 0.863. The van der Waals surface area contributed by atoms with E-state index in [9.17, 15) is 4.79 Å². The average Bonchev–Trinajstić information content (AvgIpc) is 2.53. The number of hydrogen-bond acceptors (Lipinski definition) is 4. The van der Waals surface area contributed by atoms with Crippen LogP contribution in [0, 0.1) is 0 Å². The number of halogens is 2. The van der Waals surface area contributed by atoms with Gasteiger partial charge >= 0.3 is 0 Å². The van der Waals surface area contributed by atoms with E-state index in [0.29, 0.717) is 18.0 Å². The van der Waals surface area contributed by atoms with Crippen LogP contribution in [0.25, 0.3) is 0 Å². The zero-order valence-corrected chi connectivity index (χ0v) is 14.7. The summed E-state index contributed by atoms with van der Waals surface area (Å²) in [7, 11) is 3.63. The van der Waals surface area contributed by atoms with E-state index in [1.54, 1.807) is 24.1 Å². The zero-order valence-electron chi connectivity index (χ0n) is 13.1. The van der Waals surface area contributed by atoms with Crippen LogP contribution in [0.1, 0.15) is 10.4 Å². The summed E-state index contributed by atoms with van der Waals surface area (Å²) < 4.78 is 5.59. The van der Waals surface area contributed by atoms with Gasteiger partial charge in [-0.3, -0.25) is 4.79 Å². The fourth-order valence-electron chi connectivity index (χ4n) is 1.78. The molecular weight excluding hydrogens is 337 g/mol. The smallest absolute Gasteiger partial charge is 0.255 e. The normalized spacial score (nSPS) is 9.30. The zero-order chi connectivity index (χ0) is 15.1. The van der Waals surface area contributed by atoms with E-state index in [-0.39, 0.29) is 30.7 Å². The predicted octanol–water partition coefficient (Wildman–Crippen LogP) is 3.01. The number of nitrogens with one attached hydrogen (secondary N) is 1. The largest absolute Gasteiger partial charge is 0.439 e. The SMILES string of the molecule is CNCCN(C)C(=O)c1ccc(Oc2ccccc2)nc1.Cl.Cl. The molecule has 0 saturated carbocycles. The van der Waals surface area contributed by atoms with Gasteiger partial charge in [-0.05, 0) is 25.2 Å². The minimum atomic E-state index is -0.0518. The molecule has 0 spiro atoms. The molecule has 0 aliphatic carbocycles. The Bertz CT molecular complexity index is 580. The molecule has 5 nitrogen and oxygen atoms in total. The Labute approximate surface area is 148 Å². The number of pyridine rings is 1. The van der Waals surface area contributed by atoms with Crippen molar-refractivity contribution in [3.63, 3.8) is 0 Å². The third kappa shape index (κ3) is 6.44. The number of hydrogen-bond donors (Lipinski definition) is 1. The van der Waals surface area contributed by atoms with Gasteiger partial charge in [0.05, 0.1) is 5.56 Å². The van der Waals surface area contributed by atoms with Crippen LogP contribution in [-0.4, -0.2) is 43.0 Å². The Morgan fingerprint density at radius 3 is 2.43 bits per heavy atom. The molecule has 126 valence electrons. The Hall–Kier alpha value is -1.82. The molecule has 2 rings (SSSR count). The highest BCUT2D eigenvalue weighted by atomic mass is 35.5. The number of ether oxygens (including phenoxy) is 1. The number of carbonyl (C=O) groups is 1. The summed E-state index contributed by atoms with van der Waals surface area (Å²) in [4.78, 5) is 18.0. The first-order valence-electron chi connectivity index (χ1n) is 6.79. The molecule has 1 amide bonds. The molecular formula is C16H21Cl2N3O2. The van der Waals surface area contributed by atoms with Crippen LogP contribution in [0.3, 0.4) is 0 Å². The van der Waals surface area contributed by atoms with Crippen molar-refractivity contribution in [1.82, 2.24) is 15.2 Å². The lowest BCUT2D eigenvalue weighted by molar-refractivity contribution is 0.0796. The highest BCUT2D eigenvalue weighted by Gasteiger charge is 2.11. The molecule has 1 aromatic heterocycles. The van der Waals surface area contributed by atoms with Crippen molar-refractivity contribution in [2.24, 2.45) is 0 Å². The number of amides is 1. The van der Waals surface area contributed by atoms with Gasteiger partial charge in [0, 0.05) is 32.4 Å². The van der Waals surface area contributed by atoms with E-state index in [2.05, 4.69) is 10.3 Å². The molecule has 0 bridgehead atoms. The van der Waals surface area contributed by atoms with E-state index >= 15 is 0 Å². The van der Waals surface area contributed by atoms with Crippen LogP contribution in [0.2, 0.25) is 0 Å². The van der Waals surface area contributed by atoms with Crippen molar-refractivity contribution in [2.75, 3.05) is 27.2 Å². The van der Waals surface area contributed by atoms with Crippen LogP contribution < -0.4 is 10.1 Å². The number of likely N-dealkylation sites (N-methyl/N-ethyl adjacent to an activating group) is 2. The van der Waals surface area contributed by atoms with Gasteiger partial charge in [-0.25, -0.2) is 4.98 Å². The maximum atomic E-state index is 12.1. The number of nitrogens with zero attached hydrogens (tertiary/aromatic N) is 2. The first-order valence-corrected chi connectivity index (χ1v) is 6.79. The molecule has 0 aliphatic heterocycles. The minimum Gasteiger partial charge on any atom is -0.439 e. The van der Waals surface area contributed by atoms with E-state index in [1.807, 2.05) is 37.4 Å². The lowest BCUT2D eigenvalue weighted by Crippen LogP contribution is -2.32. The average molecular weight is 358 g/mol. The lowest BCUT2D eigenvalue weighted by Gasteiger charge is -2.16. The predicted molar refractivity (Wildman–Crippen MR) is 96.1 cm³/mol. The Balaban J connectivity index is 0.00000242. The Kier molecular flexibility index (Phi) is 9.97. The van der Waals surface area contributed by atoms with Gasteiger partial charge in [0.25, 0.3) is 5.91 Å². The van der Waals surface area contributed by atoms with Crippen molar-refractivity contribution in [3.8, 4) is 11.6 Å². The fourth-order valence-corrected chi connectivity index (χ4v) is 1.78. The molecule has 7 heteroatoms. The summed E-state index contributed by atoms with van der Waals surface area (Å²) in [5.74, 6) is 1.13. The van der Waals surface area contributed by atoms with Crippen LogP contribution in [0.15, 0.2) is 48.7 Å². The molecule has 2 aromatic rings. The molecule has 0 saturated heterocycles. The summed E-state index contributed by atoms with van der Waals surface area (Å²) in [5.41, 5.74) is 0.550. The van der Waals surface area contributed by atoms with Crippen molar-refractivity contribution in [3.05, 3.63) is 54.2 Å². The maximum absolute atomic E-state index is 12.1. The first-order chi connectivity index (χ1) is 10.2. The highest BCUT2D eigenvalue weighted by molar-refractivity contribution is 5.93. The molecule has 1 N–H and O–H groups in total. The maximum Gasteiger partial charge on any atom is 0.255 e. The molecule has 0 aliphatic rings. The molecule has 0 unspecified atom stereocenters. The fraction of sp³-hybridized carbons (Fsp3) is 0.250.